The molecule has 2 aliphatic rings. The van der Waals surface area contributed by atoms with Crippen LogP contribution >= 0.6 is 11.8 Å². The summed E-state index contributed by atoms with van der Waals surface area (Å²) in [6.45, 7) is 0. The fourth-order valence-corrected chi connectivity index (χ4v) is 1.93. The summed E-state index contributed by atoms with van der Waals surface area (Å²) >= 11 is 1.31. The third-order valence-corrected chi connectivity index (χ3v) is 2.88. The minimum atomic E-state index is -0.328. The third kappa shape index (κ3) is 1.60. The van der Waals surface area contributed by atoms with Gasteiger partial charge in [-0.15, -0.1) is 0 Å². The van der Waals surface area contributed by atoms with Gasteiger partial charge >= 0.3 is 0 Å². The van der Waals surface area contributed by atoms with Gasteiger partial charge in [0, 0.05) is 0 Å². The Labute approximate surface area is 79.6 Å². The maximum atomic E-state index is 7.46. The van der Waals surface area contributed by atoms with E-state index < -0.39 is 0 Å². The van der Waals surface area contributed by atoms with E-state index in [-0.39, 0.29) is 10.9 Å². The van der Waals surface area contributed by atoms with Gasteiger partial charge in [-0.3, -0.25) is 0 Å². The Morgan fingerprint density at radius 3 is 1.77 bits per heavy atom. The Morgan fingerprint density at radius 1 is 1.00 bits per heavy atom. The van der Waals surface area contributed by atoms with Gasteiger partial charge in [0.05, 0.1) is 23.9 Å². The lowest BCUT2D eigenvalue weighted by Crippen LogP contribution is -2.20. The lowest BCUT2D eigenvalue weighted by atomic mass is 10.4. The second-order valence-corrected chi connectivity index (χ2v) is 3.72. The Kier molecular flexibility index (Phi) is 2.10. The molecule has 0 radical (unpaired) electrons. The molecule has 5 heteroatoms. The van der Waals surface area contributed by atoms with E-state index in [2.05, 4.69) is 0 Å². The summed E-state index contributed by atoms with van der Waals surface area (Å²) in [4.78, 5) is 0. The SMILES string of the molecule is N=C1C=COC1SC1OC=CC1=N. The van der Waals surface area contributed by atoms with E-state index in [0.717, 1.165) is 0 Å². The molecule has 2 heterocycles. The van der Waals surface area contributed by atoms with Crippen LogP contribution in [0.2, 0.25) is 0 Å². The van der Waals surface area contributed by atoms with Crippen LogP contribution in [0.1, 0.15) is 0 Å². The predicted molar refractivity (Wildman–Crippen MR) is 51.1 cm³/mol. The monoisotopic (exact) mass is 196 g/mol. The van der Waals surface area contributed by atoms with Crippen LogP contribution in [0.3, 0.4) is 0 Å². The van der Waals surface area contributed by atoms with Gasteiger partial charge in [0.15, 0.2) is 10.9 Å². The molecule has 0 aromatic heterocycles. The lowest BCUT2D eigenvalue weighted by Gasteiger charge is -2.15. The first-order chi connectivity index (χ1) is 6.27. The molecule has 0 bridgehead atoms. The molecule has 4 nitrogen and oxygen atoms in total. The van der Waals surface area contributed by atoms with Crippen LogP contribution in [0, 0.1) is 10.8 Å². The number of hydrogen-bond acceptors (Lipinski definition) is 5. The van der Waals surface area contributed by atoms with Gasteiger partial charge in [-0.05, 0) is 12.2 Å². The van der Waals surface area contributed by atoms with Gasteiger partial charge in [-0.2, -0.15) is 0 Å². The van der Waals surface area contributed by atoms with Crippen molar-refractivity contribution in [2.24, 2.45) is 0 Å². The highest BCUT2D eigenvalue weighted by Gasteiger charge is 2.27. The lowest BCUT2D eigenvalue weighted by molar-refractivity contribution is 0.265. The fraction of sp³-hybridized carbons (Fsp3) is 0.250. The minimum Gasteiger partial charge on any atom is -0.481 e. The van der Waals surface area contributed by atoms with E-state index in [4.69, 9.17) is 20.3 Å². The molecular weight excluding hydrogens is 188 g/mol. The van der Waals surface area contributed by atoms with E-state index in [0.29, 0.717) is 11.4 Å². The summed E-state index contributed by atoms with van der Waals surface area (Å²) in [6.07, 6.45) is 6.19. The first-order valence-corrected chi connectivity index (χ1v) is 4.68. The van der Waals surface area contributed by atoms with E-state index in [9.17, 15) is 0 Å². The molecular formula is C8H8N2O2S. The van der Waals surface area contributed by atoms with Crippen LogP contribution in [-0.2, 0) is 9.47 Å². The zero-order valence-electron chi connectivity index (χ0n) is 6.69. The van der Waals surface area contributed by atoms with Crippen LogP contribution in [0.4, 0.5) is 0 Å². The molecule has 0 amide bonds. The predicted octanol–water partition coefficient (Wildman–Crippen LogP) is 1.50. The van der Waals surface area contributed by atoms with Crippen molar-refractivity contribution in [1.29, 1.82) is 10.8 Å². The molecule has 68 valence electrons. The van der Waals surface area contributed by atoms with Crippen molar-refractivity contribution < 1.29 is 9.47 Å². The summed E-state index contributed by atoms with van der Waals surface area (Å²) < 4.78 is 10.3. The average Bonchev–Trinajstić information content (AvgIpc) is 2.65. The molecule has 0 fully saturated rings. The summed E-state index contributed by atoms with van der Waals surface area (Å²) in [7, 11) is 0. The molecule has 2 atom stereocenters. The van der Waals surface area contributed by atoms with Crippen molar-refractivity contribution in [2.45, 2.75) is 10.9 Å². The molecule has 2 N–H and O–H groups in total. The third-order valence-electron chi connectivity index (χ3n) is 1.65. The molecule has 2 rings (SSSR count). The van der Waals surface area contributed by atoms with Crippen LogP contribution < -0.4 is 0 Å². The molecule has 2 aliphatic heterocycles. The molecule has 0 spiro atoms. The maximum absolute atomic E-state index is 7.46. The Hall–Kier alpha value is -1.23. The number of nitrogens with one attached hydrogen (secondary N) is 2. The molecule has 2 unspecified atom stereocenters. The highest BCUT2D eigenvalue weighted by atomic mass is 32.2. The molecule has 0 aromatic carbocycles. The second kappa shape index (κ2) is 3.26. The summed E-state index contributed by atoms with van der Waals surface area (Å²) in [6, 6.07) is 0. The smallest absolute Gasteiger partial charge is 0.188 e. The number of rotatable bonds is 2. The van der Waals surface area contributed by atoms with Crippen LogP contribution in [0.5, 0.6) is 0 Å². The normalized spacial score (nSPS) is 30.8. The number of thioether (sulfide) groups is 1. The van der Waals surface area contributed by atoms with Gasteiger partial charge in [0.2, 0.25) is 0 Å². The van der Waals surface area contributed by atoms with Crippen LogP contribution in [0.25, 0.3) is 0 Å². The summed E-state index contributed by atoms with van der Waals surface area (Å²) in [5.41, 5.74) is 0.164. The van der Waals surface area contributed by atoms with Crippen molar-refractivity contribution >= 4 is 23.2 Å². The number of hydrogen-bond donors (Lipinski definition) is 2. The van der Waals surface area contributed by atoms with E-state index in [1.807, 2.05) is 0 Å². The topological polar surface area (TPSA) is 66.2 Å². The van der Waals surface area contributed by atoms with Gasteiger partial charge in [0.25, 0.3) is 0 Å². The average molecular weight is 196 g/mol. The molecule has 0 saturated heterocycles. The Bertz CT molecular complexity index is 281. The zero-order valence-corrected chi connectivity index (χ0v) is 7.51. The van der Waals surface area contributed by atoms with Crippen LogP contribution in [0.15, 0.2) is 24.7 Å². The first-order valence-electron chi connectivity index (χ1n) is 3.74. The largest absolute Gasteiger partial charge is 0.481 e. The zero-order chi connectivity index (χ0) is 9.26. The van der Waals surface area contributed by atoms with Crippen LogP contribution in [-0.4, -0.2) is 22.3 Å². The molecule has 0 aliphatic carbocycles. The van der Waals surface area contributed by atoms with Gasteiger partial charge in [-0.1, -0.05) is 11.8 Å². The minimum absolute atomic E-state index is 0.328. The summed E-state index contributed by atoms with van der Waals surface area (Å²) in [5.74, 6) is 0. The highest BCUT2D eigenvalue weighted by molar-refractivity contribution is 8.01. The van der Waals surface area contributed by atoms with Gasteiger partial charge < -0.3 is 20.3 Å². The molecule has 13 heavy (non-hydrogen) atoms. The van der Waals surface area contributed by atoms with E-state index >= 15 is 0 Å². The Morgan fingerprint density at radius 2 is 1.46 bits per heavy atom. The molecule has 0 aromatic rings. The van der Waals surface area contributed by atoms with Crippen molar-refractivity contribution in [3.63, 3.8) is 0 Å². The van der Waals surface area contributed by atoms with Crippen molar-refractivity contribution in [3.05, 3.63) is 24.7 Å². The highest BCUT2D eigenvalue weighted by Crippen LogP contribution is 2.28. The standard InChI is InChI=1S/C8H8N2O2S/c9-5-1-3-11-7(5)13-8-6(10)2-4-12-8/h1-4,7-10H. The number of ether oxygens (including phenoxy) is 2. The van der Waals surface area contributed by atoms with Gasteiger partial charge in [0.1, 0.15) is 0 Å². The Balaban J connectivity index is 1.92. The maximum Gasteiger partial charge on any atom is 0.188 e. The van der Waals surface area contributed by atoms with E-state index in [1.165, 1.54) is 24.3 Å². The van der Waals surface area contributed by atoms with E-state index in [1.54, 1.807) is 12.2 Å². The molecule has 0 saturated carbocycles. The fourth-order valence-electron chi connectivity index (χ4n) is 0.995. The van der Waals surface area contributed by atoms with Crippen molar-refractivity contribution in [3.8, 4) is 0 Å². The van der Waals surface area contributed by atoms with Gasteiger partial charge in [-0.25, -0.2) is 0 Å². The summed E-state index contributed by atoms with van der Waals surface area (Å²) in [5, 5.41) is 14.9. The second-order valence-electron chi connectivity index (χ2n) is 2.59. The quantitative estimate of drug-likeness (QED) is 0.703. The first kappa shape index (κ1) is 8.37. The van der Waals surface area contributed by atoms with Crippen molar-refractivity contribution in [1.82, 2.24) is 0 Å². The van der Waals surface area contributed by atoms with Crippen molar-refractivity contribution in [2.75, 3.05) is 0 Å².